The van der Waals surface area contributed by atoms with Gasteiger partial charge in [0.2, 0.25) is 5.91 Å². The van der Waals surface area contributed by atoms with Crippen LogP contribution in [0.3, 0.4) is 0 Å². The van der Waals surface area contributed by atoms with Gasteiger partial charge >= 0.3 is 0 Å². The van der Waals surface area contributed by atoms with E-state index in [1.54, 1.807) is 0 Å². The summed E-state index contributed by atoms with van der Waals surface area (Å²) in [7, 11) is 0. The molecule has 6 nitrogen and oxygen atoms in total. The number of carbonyl (C=O) groups is 2. The van der Waals surface area contributed by atoms with Crippen molar-refractivity contribution in [2.24, 2.45) is 5.73 Å². The van der Waals surface area contributed by atoms with Gasteiger partial charge in [0, 0.05) is 11.9 Å². The summed E-state index contributed by atoms with van der Waals surface area (Å²) in [6.45, 7) is 0. The average molecular weight is 292 g/mol. The number of carbonyl (C=O) groups excluding carboxylic acids is 2. The molecule has 0 atom stereocenters. The van der Waals surface area contributed by atoms with Crippen LogP contribution in [0, 0.1) is 0 Å². The molecule has 2 amide bonds. The number of nitrogens with two attached hydrogens (primary N) is 1. The predicted octanol–water partition coefficient (Wildman–Crippen LogP) is 1.79. The number of aromatic hydroxyl groups is 1. The molecule has 0 saturated carbocycles. The van der Waals surface area contributed by atoms with Crippen LogP contribution in [0.25, 0.3) is 0 Å². The highest BCUT2D eigenvalue weighted by Gasteiger charge is 2.11. The van der Waals surface area contributed by atoms with Crippen molar-refractivity contribution >= 4 is 29.1 Å². The number of primary amides is 1. The number of amides is 2. The minimum absolute atomic E-state index is 0.110. The van der Waals surface area contributed by atoms with Crippen molar-refractivity contribution in [1.29, 1.82) is 0 Å². The Kier molecular flexibility index (Phi) is 3.86. The second-order valence-electron chi connectivity index (χ2n) is 3.94. The zero-order chi connectivity index (χ0) is 14.7. The molecule has 2 rings (SSSR count). The van der Waals surface area contributed by atoms with Crippen molar-refractivity contribution in [2.45, 2.75) is 0 Å². The number of hydrogen-bond donors (Lipinski definition) is 3. The highest BCUT2D eigenvalue weighted by atomic mass is 35.5. The van der Waals surface area contributed by atoms with Gasteiger partial charge in [0.05, 0.1) is 22.3 Å². The van der Waals surface area contributed by atoms with E-state index >= 15 is 0 Å². The summed E-state index contributed by atoms with van der Waals surface area (Å²) in [6, 6.07) is 5.63. The molecule has 0 bridgehead atoms. The van der Waals surface area contributed by atoms with Gasteiger partial charge in [-0.15, -0.1) is 0 Å². The Morgan fingerprint density at radius 1 is 1.25 bits per heavy atom. The second kappa shape index (κ2) is 5.58. The van der Waals surface area contributed by atoms with E-state index in [0.29, 0.717) is 5.69 Å². The van der Waals surface area contributed by atoms with E-state index in [0.717, 1.165) is 0 Å². The number of rotatable bonds is 3. The van der Waals surface area contributed by atoms with Crippen molar-refractivity contribution in [3.63, 3.8) is 0 Å². The first-order valence-electron chi connectivity index (χ1n) is 5.52. The topological polar surface area (TPSA) is 105 Å². The largest absolute Gasteiger partial charge is 0.506 e. The first kappa shape index (κ1) is 13.8. The molecule has 0 saturated heterocycles. The minimum atomic E-state index is -0.690. The van der Waals surface area contributed by atoms with Gasteiger partial charge in [-0.25, -0.2) is 0 Å². The summed E-state index contributed by atoms with van der Waals surface area (Å²) < 4.78 is 0. The quantitative estimate of drug-likeness (QED) is 0.801. The first-order valence-corrected chi connectivity index (χ1v) is 5.90. The molecule has 2 aromatic rings. The van der Waals surface area contributed by atoms with Crippen LogP contribution in [0.1, 0.15) is 20.7 Å². The summed E-state index contributed by atoms with van der Waals surface area (Å²) in [6.07, 6.45) is 2.52. The normalized spacial score (nSPS) is 10.1. The Bertz CT molecular complexity index is 688. The van der Waals surface area contributed by atoms with Crippen LogP contribution >= 0.6 is 11.6 Å². The lowest BCUT2D eigenvalue weighted by Gasteiger charge is -2.07. The van der Waals surface area contributed by atoms with E-state index in [-0.39, 0.29) is 21.9 Å². The SMILES string of the molecule is NC(=O)c1cc(NC(=O)c2cncc(O)c2)ccc1Cl. The third kappa shape index (κ3) is 3.04. The van der Waals surface area contributed by atoms with E-state index in [1.165, 1.54) is 36.7 Å². The number of nitrogens with zero attached hydrogens (tertiary/aromatic N) is 1. The van der Waals surface area contributed by atoms with Crippen molar-refractivity contribution in [3.8, 4) is 5.75 Å². The Labute approximate surface area is 119 Å². The molecule has 0 spiro atoms. The maximum atomic E-state index is 11.9. The number of pyridine rings is 1. The molecule has 0 aliphatic rings. The Hall–Kier alpha value is -2.60. The lowest BCUT2D eigenvalue weighted by Crippen LogP contribution is -2.15. The fourth-order valence-electron chi connectivity index (χ4n) is 1.55. The molecule has 1 aromatic heterocycles. The Balaban J connectivity index is 2.24. The number of hydrogen-bond acceptors (Lipinski definition) is 4. The first-order chi connectivity index (χ1) is 9.47. The maximum Gasteiger partial charge on any atom is 0.257 e. The van der Waals surface area contributed by atoms with Gasteiger partial charge in [-0.1, -0.05) is 11.6 Å². The predicted molar refractivity (Wildman–Crippen MR) is 73.8 cm³/mol. The molecule has 4 N–H and O–H groups in total. The smallest absolute Gasteiger partial charge is 0.257 e. The van der Waals surface area contributed by atoms with Crippen LogP contribution in [-0.2, 0) is 0 Å². The van der Waals surface area contributed by atoms with Crippen molar-refractivity contribution in [2.75, 3.05) is 5.32 Å². The number of nitrogens with one attached hydrogen (secondary N) is 1. The van der Waals surface area contributed by atoms with Gasteiger partial charge < -0.3 is 16.2 Å². The second-order valence-corrected chi connectivity index (χ2v) is 4.35. The maximum absolute atomic E-state index is 11.9. The zero-order valence-corrected chi connectivity index (χ0v) is 10.9. The van der Waals surface area contributed by atoms with E-state index < -0.39 is 11.8 Å². The Morgan fingerprint density at radius 2 is 2.00 bits per heavy atom. The molecule has 1 heterocycles. The van der Waals surface area contributed by atoms with Crippen LogP contribution in [0.4, 0.5) is 5.69 Å². The minimum Gasteiger partial charge on any atom is -0.506 e. The molecule has 0 aliphatic heterocycles. The fourth-order valence-corrected chi connectivity index (χ4v) is 1.76. The highest BCUT2D eigenvalue weighted by molar-refractivity contribution is 6.34. The van der Waals surface area contributed by atoms with Crippen molar-refractivity contribution in [1.82, 2.24) is 4.98 Å². The van der Waals surface area contributed by atoms with E-state index in [9.17, 15) is 14.7 Å². The number of aromatic nitrogens is 1. The molecule has 0 unspecified atom stereocenters. The highest BCUT2D eigenvalue weighted by Crippen LogP contribution is 2.21. The summed E-state index contributed by atoms with van der Waals surface area (Å²) in [5.41, 5.74) is 5.81. The zero-order valence-electron chi connectivity index (χ0n) is 10.1. The van der Waals surface area contributed by atoms with Crippen LogP contribution < -0.4 is 11.1 Å². The lowest BCUT2D eigenvalue weighted by atomic mass is 10.2. The molecule has 0 radical (unpaired) electrons. The Morgan fingerprint density at radius 3 is 2.65 bits per heavy atom. The van der Waals surface area contributed by atoms with Gasteiger partial charge in [-0.2, -0.15) is 0 Å². The van der Waals surface area contributed by atoms with Gasteiger partial charge in [0.15, 0.2) is 0 Å². The van der Waals surface area contributed by atoms with E-state index in [2.05, 4.69) is 10.3 Å². The molecule has 102 valence electrons. The summed E-state index contributed by atoms with van der Waals surface area (Å²) in [5.74, 6) is -1.29. The number of halogens is 1. The third-order valence-corrected chi connectivity index (χ3v) is 2.81. The molecule has 0 aliphatic carbocycles. The van der Waals surface area contributed by atoms with Gasteiger partial charge in [0.25, 0.3) is 5.91 Å². The standard InChI is InChI=1S/C13H10ClN3O3/c14-11-2-1-8(4-10(11)12(15)19)17-13(20)7-3-9(18)6-16-5-7/h1-6,18H,(H2,15,19)(H,17,20). The molecule has 1 aromatic carbocycles. The lowest BCUT2D eigenvalue weighted by molar-refractivity contribution is 0.0996. The average Bonchev–Trinajstić information content (AvgIpc) is 2.40. The molecule has 7 heteroatoms. The number of benzene rings is 1. The number of anilines is 1. The van der Waals surface area contributed by atoms with Crippen LogP contribution in [0.15, 0.2) is 36.7 Å². The van der Waals surface area contributed by atoms with Gasteiger partial charge in [-0.3, -0.25) is 14.6 Å². The van der Waals surface area contributed by atoms with Crippen LogP contribution in [0.2, 0.25) is 5.02 Å². The summed E-state index contributed by atoms with van der Waals surface area (Å²) in [4.78, 5) is 26.8. The van der Waals surface area contributed by atoms with Crippen molar-refractivity contribution in [3.05, 3.63) is 52.8 Å². The van der Waals surface area contributed by atoms with Crippen LogP contribution in [-0.4, -0.2) is 21.9 Å². The van der Waals surface area contributed by atoms with Crippen LogP contribution in [0.5, 0.6) is 5.75 Å². The fraction of sp³-hybridized carbons (Fsp3) is 0. The van der Waals surface area contributed by atoms with E-state index in [1.807, 2.05) is 0 Å². The molecule has 20 heavy (non-hydrogen) atoms. The molecular weight excluding hydrogens is 282 g/mol. The summed E-state index contributed by atoms with van der Waals surface area (Å²) in [5, 5.41) is 12.0. The van der Waals surface area contributed by atoms with Gasteiger partial charge in [0.1, 0.15) is 5.75 Å². The molecular formula is C13H10ClN3O3. The van der Waals surface area contributed by atoms with E-state index in [4.69, 9.17) is 17.3 Å². The van der Waals surface area contributed by atoms with Crippen molar-refractivity contribution < 1.29 is 14.7 Å². The monoisotopic (exact) mass is 291 g/mol. The molecule has 0 fully saturated rings. The third-order valence-electron chi connectivity index (χ3n) is 2.48. The summed E-state index contributed by atoms with van der Waals surface area (Å²) >= 11 is 5.81. The van der Waals surface area contributed by atoms with Gasteiger partial charge in [-0.05, 0) is 24.3 Å².